The third-order valence-electron chi connectivity index (χ3n) is 2.04. The predicted molar refractivity (Wildman–Crippen MR) is 52.9 cm³/mol. The molecule has 0 radical (unpaired) electrons. The van der Waals surface area contributed by atoms with Gasteiger partial charge in [-0.2, -0.15) is 0 Å². The molecule has 0 aromatic carbocycles. The summed E-state index contributed by atoms with van der Waals surface area (Å²) in [6.45, 7) is 1.94. The smallest absolute Gasteiger partial charge is 0.290 e. The van der Waals surface area contributed by atoms with E-state index in [-0.39, 0.29) is 11.7 Å². The highest BCUT2D eigenvalue weighted by Crippen LogP contribution is 2.16. The Morgan fingerprint density at radius 1 is 1.71 bits per heavy atom. The Morgan fingerprint density at radius 2 is 2.43 bits per heavy atom. The molecular formula is C9H13N3O2. The third-order valence-corrected chi connectivity index (χ3v) is 2.04. The molecular weight excluding hydrogens is 182 g/mol. The van der Waals surface area contributed by atoms with Gasteiger partial charge in [-0.1, -0.05) is 6.92 Å². The van der Waals surface area contributed by atoms with Gasteiger partial charge in [0.15, 0.2) is 0 Å². The second kappa shape index (κ2) is 4.66. The van der Waals surface area contributed by atoms with E-state index < -0.39 is 4.92 Å². The molecule has 14 heavy (non-hydrogen) atoms. The zero-order chi connectivity index (χ0) is 10.6. The topological polar surface area (TPSA) is 82.0 Å². The Bertz CT molecular complexity index is 328. The lowest BCUT2D eigenvalue weighted by Gasteiger charge is -2.07. The van der Waals surface area contributed by atoms with E-state index in [0.29, 0.717) is 12.1 Å². The van der Waals surface area contributed by atoms with Crippen LogP contribution in [0.5, 0.6) is 0 Å². The van der Waals surface area contributed by atoms with Crippen molar-refractivity contribution in [1.82, 2.24) is 4.98 Å². The molecule has 1 aromatic heterocycles. The van der Waals surface area contributed by atoms with Gasteiger partial charge in [-0.15, -0.1) is 0 Å². The van der Waals surface area contributed by atoms with Gasteiger partial charge in [0.1, 0.15) is 5.69 Å². The monoisotopic (exact) mass is 195 g/mol. The molecule has 0 amide bonds. The first-order valence-corrected chi connectivity index (χ1v) is 4.49. The van der Waals surface area contributed by atoms with Crippen LogP contribution in [0.15, 0.2) is 18.3 Å². The van der Waals surface area contributed by atoms with Gasteiger partial charge >= 0.3 is 0 Å². The SMILES string of the molecule is CCC(N)Cc1ncccc1[N+](=O)[O-]. The van der Waals surface area contributed by atoms with E-state index in [9.17, 15) is 10.1 Å². The lowest BCUT2D eigenvalue weighted by Crippen LogP contribution is -2.22. The predicted octanol–water partition coefficient (Wildman–Crippen LogP) is 1.27. The molecule has 1 atom stereocenters. The van der Waals surface area contributed by atoms with Crippen molar-refractivity contribution < 1.29 is 4.92 Å². The number of rotatable bonds is 4. The molecule has 0 bridgehead atoms. The number of pyridine rings is 1. The molecule has 2 N–H and O–H groups in total. The highest BCUT2D eigenvalue weighted by molar-refractivity contribution is 5.34. The zero-order valence-corrected chi connectivity index (χ0v) is 8.01. The molecule has 0 aliphatic heterocycles. The van der Waals surface area contributed by atoms with Crippen molar-refractivity contribution in [2.24, 2.45) is 5.73 Å². The lowest BCUT2D eigenvalue weighted by atomic mass is 10.1. The van der Waals surface area contributed by atoms with Crippen LogP contribution in [0, 0.1) is 10.1 Å². The summed E-state index contributed by atoms with van der Waals surface area (Å²) in [6, 6.07) is 2.94. The molecule has 0 saturated heterocycles. The molecule has 5 heteroatoms. The first kappa shape index (κ1) is 10.6. The average molecular weight is 195 g/mol. The van der Waals surface area contributed by atoms with Gasteiger partial charge in [0.05, 0.1) is 4.92 Å². The highest BCUT2D eigenvalue weighted by atomic mass is 16.6. The summed E-state index contributed by atoms with van der Waals surface area (Å²) in [5, 5.41) is 10.6. The van der Waals surface area contributed by atoms with E-state index in [1.807, 2.05) is 6.92 Å². The average Bonchev–Trinajstić information content (AvgIpc) is 2.18. The van der Waals surface area contributed by atoms with Crippen LogP contribution in [0.25, 0.3) is 0 Å². The first-order chi connectivity index (χ1) is 6.65. The van der Waals surface area contributed by atoms with E-state index in [0.717, 1.165) is 6.42 Å². The largest absolute Gasteiger partial charge is 0.327 e. The van der Waals surface area contributed by atoms with Gasteiger partial charge in [0.25, 0.3) is 5.69 Å². The van der Waals surface area contributed by atoms with Crippen molar-refractivity contribution in [2.45, 2.75) is 25.8 Å². The van der Waals surface area contributed by atoms with E-state index in [4.69, 9.17) is 5.73 Å². The standard InChI is InChI=1S/C9H13N3O2/c1-2-7(10)6-8-9(12(13)14)4-3-5-11-8/h3-5,7H,2,6,10H2,1H3. The fourth-order valence-corrected chi connectivity index (χ4v) is 1.15. The Kier molecular flexibility index (Phi) is 3.53. The van der Waals surface area contributed by atoms with Gasteiger partial charge in [-0.3, -0.25) is 15.1 Å². The fraction of sp³-hybridized carbons (Fsp3) is 0.444. The van der Waals surface area contributed by atoms with Crippen molar-refractivity contribution in [2.75, 3.05) is 0 Å². The van der Waals surface area contributed by atoms with Gasteiger partial charge in [-0.05, 0) is 12.5 Å². The van der Waals surface area contributed by atoms with Crippen molar-refractivity contribution in [1.29, 1.82) is 0 Å². The summed E-state index contributed by atoms with van der Waals surface area (Å²) in [5.74, 6) is 0. The van der Waals surface area contributed by atoms with Crippen LogP contribution in [0.4, 0.5) is 5.69 Å². The fourth-order valence-electron chi connectivity index (χ4n) is 1.15. The Morgan fingerprint density at radius 3 is 3.00 bits per heavy atom. The maximum absolute atomic E-state index is 10.6. The highest BCUT2D eigenvalue weighted by Gasteiger charge is 2.15. The van der Waals surface area contributed by atoms with Gasteiger partial charge < -0.3 is 5.73 Å². The Labute approximate surface area is 82.1 Å². The van der Waals surface area contributed by atoms with Crippen molar-refractivity contribution in [3.05, 3.63) is 34.1 Å². The molecule has 1 heterocycles. The van der Waals surface area contributed by atoms with E-state index >= 15 is 0 Å². The molecule has 1 aromatic rings. The Hall–Kier alpha value is -1.49. The summed E-state index contributed by atoms with van der Waals surface area (Å²) in [5.41, 5.74) is 6.23. The number of hydrogen-bond acceptors (Lipinski definition) is 4. The van der Waals surface area contributed by atoms with Crippen LogP contribution in [0.1, 0.15) is 19.0 Å². The zero-order valence-electron chi connectivity index (χ0n) is 8.01. The summed E-state index contributed by atoms with van der Waals surface area (Å²) >= 11 is 0. The summed E-state index contributed by atoms with van der Waals surface area (Å²) < 4.78 is 0. The van der Waals surface area contributed by atoms with E-state index in [2.05, 4.69) is 4.98 Å². The maximum atomic E-state index is 10.6. The van der Waals surface area contributed by atoms with Crippen molar-refractivity contribution >= 4 is 5.69 Å². The summed E-state index contributed by atoms with van der Waals surface area (Å²) in [4.78, 5) is 14.2. The Balaban J connectivity index is 2.90. The van der Waals surface area contributed by atoms with Crippen LogP contribution >= 0.6 is 0 Å². The van der Waals surface area contributed by atoms with Gasteiger partial charge in [-0.25, -0.2) is 0 Å². The lowest BCUT2D eigenvalue weighted by molar-refractivity contribution is -0.386. The number of aromatic nitrogens is 1. The molecule has 0 aliphatic carbocycles. The van der Waals surface area contributed by atoms with Crippen LogP contribution < -0.4 is 5.73 Å². The second-order valence-corrected chi connectivity index (χ2v) is 3.10. The number of hydrogen-bond donors (Lipinski definition) is 1. The minimum absolute atomic E-state index is 0.0522. The third kappa shape index (κ3) is 2.50. The van der Waals surface area contributed by atoms with Crippen LogP contribution in [0.2, 0.25) is 0 Å². The molecule has 0 fully saturated rings. The molecule has 1 rings (SSSR count). The molecule has 0 aliphatic rings. The number of nitrogens with two attached hydrogens (primary N) is 1. The molecule has 5 nitrogen and oxygen atoms in total. The summed E-state index contributed by atoms with van der Waals surface area (Å²) in [7, 11) is 0. The maximum Gasteiger partial charge on any atom is 0.290 e. The van der Waals surface area contributed by atoms with Crippen LogP contribution in [0.3, 0.4) is 0 Å². The van der Waals surface area contributed by atoms with Crippen molar-refractivity contribution in [3.63, 3.8) is 0 Å². The second-order valence-electron chi connectivity index (χ2n) is 3.10. The van der Waals surface area contributed by atoms with Crippen LogP contribution in [-0.2, 0) is 6.42 Å². The van der Waals surface area contributed by atoms with Gasteiger partial charge in [0.2, 0.25) is 0 Å². The van der Waals surface area contributed by atoms with Crippen molar-refractivity contribution in [3.8, 4) is 0 Å². The summed E-state index contributed by atoms with van der Waals surface area (Å²) in [6.07, 6.45) is 2.78. The number of nitro groups is 1. The van der Waals surface area contributed by atoms with Gasteiger partial charge in [0, 0.05) is 24.7 Å². The van der Waals surface area contributed by atoms with E-state index in [1.165, 1.54) is 6.07 Å². The minimum atomic E-state index is -0.426. The van der Waals surface area contributed by atoms with Crippen LogP contribution in [-0.4, -0.2) is 15.9 Å². The first-order valence-electron chi connectivity index (χ1n) is 4.49. The normalized spacial score (nSPS) is 12.4. The minimum Gasteiger partial charge on any atom is -0.327 e. The molecule has 76 valence electrons. The van der Waals surface area contributed by atoms with E-state index in [1.54, 1.807) is 12.3 Å². The molecule has 0 spiro atoms. The number of nitrogens with zero attached hydrogens (tertiary/aromatic N) is 2. The molecule has 0 saturated carbocycles. The molecule has 1 unspecified atom stereocenters. The quantitative estimate of drug-likeness (QED) is 0.579.